The first kappa shape index (κ1) is 21.0. The Kier molecular flexibility index (Phi) is 5.66. The van der Waals surface area contributed by atoms with E-state index in [1.807, 2.05) is 42.5 Å². The third-order valence-corrected chi connectivity index (χ3v) is 7.04. The molecule has 1 saturated carbocycles. The van der Waals surface area contributed by atoms with Crippen molar-refractivity contribution >= 4 is 5.78 Å². The van der Waals surface area contributed by atoms with Crippen LogP contribution in [0.5, 0.6) is 0 Å². The van der Waals surface area contributed by atoms with Gasteiger partial charge in [0, 0.05) is 25.1 Å². The van der Waals surface area contributed by atoms with Crippen molar-refractivity contribution in [2.75, 3.05) is 19.6 Å². The van der Waals surface area contributed by atoms with Crippen LogP contribution < -0.4 is 0 Å². The molecule has 0 aromatic heterocycles. The fraction of sp³-hybridized carbons (Fsp3) is 0.321. The fourth-order valence-corrected chi connectivity index (χ4v) is 5.62. The summed E-state index contributed by atoms with van der Waals surface area (Å²) in [5, 5.41) is 11.1. The molecule has 1 N–H and O–H groups in total. The fourth-order valence-electron chi connectivity index (χ4n) is 5.62. The summed E-state index contributed by atoms with van der Waals surface area (Å²) in [4.78, 5) is 15.2. The highest BCUT2D eigenvalue weighted by Crippen LogP contribution is 2.45. The first-order valence-electron chi connectivity index (χ1n) is 11.4. The molecule has 2 aliphatic rings. The van der Waals surface area contributed by atoms with Crippen molar-refractivity contribution in [2.24, 2.45) is 11.8 Å². The van der Waals surface area contributed by atoms with Crippen LogP contribution in [0.4, 0.5) is 4.39 Å². The third-order valence-electron chi connectivity index (χ3n) is 7.04. The van der Waals surface area contributed by atoms with Crippen LogP contribution in [0, 0.1) is 17.7 Å². The number of likely N-dealkylation sites (tertiary alicyclic amines) is 1. The molecule has 0 amide bonds. The number of rotatable bonds is 6. The summed E-state index contributed by atoms with van der Waals surface area (Å²) in [5.41, 5.74) is 3.05. The SMILES string of the molecule is O=C(CN1CC2CC(O)(Cc3ccccc3)CC2C1)c1cccc(-c2ccc(F)cc2)c1. The van der Waals surface area contributed by atoms with Crippen molar-refractivity contribution in [3.8, 4) is 11.1 Å². The van der Waals surface area contributed by atoms with E-state index in [0.717, 1.165) is 37.1 Å². The molecule has 1 heterocycles. The van der Waals surface area contributed by atoms with Crippen LogP contribution in [-0.4, -0.2) is 41.0 Å². The van der Waals surface area contributed by atoms with Gasteiger partial charge in [0.25, 0.3) is 0 Å². The smallest absolute Gasteiger partial charge is 0.176 e. The normalized spacial score (nSPS) is 25.1. The van der Waals surface area contributed by atoms with Gasteiger partial charge in [0.1, 0.15) is 5.82 Å². The minimum Gasteiger partial charge on any atom is -0.390 e. The van der Waals surface area contributed by atoms with Gasteiger partial charge in [0.05, 0.1) is 12.1 Å². The number of carbonyl (C=O) groups excluding carboxylic acids is 1. The number of nitrogens with zero attached hydrogens (tertiary/aromatic N) is 1. The quantitative estimate of drug-likeness (QED) is 0.561. The number of aliphatic hydroxyl groups is 1. The second kappa shape index (κ2) is 8.61. The monoisotopic (exact) mass is 429 g/mol. The zero-order valence-corrected chi connectivity index (χ0v) is 18.1. The van der Waals surface area contributed by atoms with Crippen molar-refractivity contribution < 1.29 is 14.3 Å². The van der Waals surface area contributed by atoms with Gasteiger partial charge in [0.15, 0.2) is 5.78 Å². The Bertz CT molecular complexity index is 1080. The van der Waals surface area contributed by atoms with Gasteiger partial charge in [-0.2, -0.15) is 0 Å². The maximum atomic E-state index is 13.2. The van der Waals surface area contributed by atoms with Crippen molar-refractivity contribution in [2.45, 2.75) is 24.9 Å². The van der Waals surface area contributed by atoms with Gasteiger partial charge in [-0.25, -0.2) is 4.39 Å². The van der Waals surface area contributed by atoms with Crippen LogP contribution in [0.2, 0.25) is 0 Å². The van der Waals surface area contributed by atoms with E-state index in [-0.39, 0.29) is 11.6 Å². The Morgan fingerprint density at radius 3 is 2.28 bits per heavy atom. The molecule has 4 heteroatoms. The summed E-state index contributed by atoms with van der Waals surface area (Å²) >= 11 is 0. The molecule has 1 aliphatic carbocycles. The lowest BCUT2D eigenvalue weighted by Crippen LogP contribution is -2.34. The van der Waals surface area contributed by atoms with Crippen LogP contribution >= 0.6 is 0 Å². The minimum absolute atomic E-state index is 0.105. The van der Waals surface area contributed by atoms with E-state index in [1.54, 1.807) is 12.1 Å². The average Bonchev–Trinajstić information content (AvgIpc) is 3.28. The Morgan fingerprint density at radius 1 is 0.906 bits per heavy atom. The summed E-state index contributed by atoms with van der Waals surface area (Å²) in [6, 6.07) is 24.1. The molecule has 2 atom stereocenters. The first-order valence-corrected chi connectivity index (χ1v) is 11.4. The van der Waals surface area contributed by atoms with E-state index >= 15 is 0 Å². The third kappa shape index (κ3) is 4.52. The lowest BCUT2D eigenvalue weighted by molar-refractivity contribution is 0.0355. The van der Waals surface area contributed by atoms with Crippen LogP contribution in [-0.2, 0) is 6.42 Å². The summed E-state index contributed by atoms with van der Waals surface area (Å²) in [6.45, 7) is 2.13. The molecule has 0 radical (unpaired) electrons. The number of ketones is 1. The lowest BCUT2D eigenvalue weighted by Gasteiger charge is -2.26. The number of hydrogen-bond donors (Lipinski definition) is 1. The summed E-state index contributed by atoms with van der Waals surface area (Å²) in [6.07, 6.45) is 2.31. The molecule has 3 aromatic carbocycles. The molecule has 3 aromatic rings. The highest BCUT2D eigenvalue weighted by Gasteiger charge is 2.48. The van der Waals surface area contributed by atoms with E-state index in [1.165, 1.54) is 17.7 Å². The predicted molar refractivity (Wildman–Crippen MR) is 124 cm³/mol. The topological polar surface area (TPSA) is 40.5 Å². The van der Waals surface area contributed by atoms with Crippen LogP contribution in [0.1, 0.15) is 28.8 Å². The Balaban J connectivity index is 1.20. The predicted octanol–water partition coefficient (Wildman–Crippen LogP) is 4.99. The zero-order chi connectivity index (χ0) is 22.1. The van der Waals surface area contributed by atoms with E-state index in [2.05, 4.69) is 17.0 Å². The van der Waals surface area contributed by atoms with Gasteiger partial charge < -0.3 is 5.11 Å². The highest BCUT2D eigenvalue weighted by molar-refractivity contribution is 5.98. The van der Waals surface area contributed by atoms with Gasteiger partial charge in [-0.3, -0.25) is 9.69 Å². The molecule has 0 bridgehead atoms. The molecule has 0 spiro atoms. The number of fused-ring (bicyclic) bond motifs is 1. The summed E-state index contributed by atoms with van der Waals surface area (Å²) in [5.74, 6) is 0.730. The van der Waals surface area contributed by atoms with E-state index in [9.17, 15) is 14.3 Å². The summed E-state index contributed by atoms with van der Waals surface area (Å²) in [7, 11) is 0. The van der Waals surface area contributed by atoms with E-state index < -0.39 is 5.60 Å². The summed E-state index contributed by atoms with van der Waals surface area (Å²) < 4.78 is 13.2. The first-order chi connectivity index (χ1) is 15.5. The lowest BCUT2D eigenvalue weighted by atomic mass is 9.91. The Labute approximate surface area is 188 Å². The number of halogens is 1. The molecule has 1 saturated heterocycles. The maximum absolute atomic E-state index is 13.2. The molecule has 164 valence electrons. The van der Waals surface area contributed by atoms with Crippen LogP contribution in [0.25, 0.3) is 11.1 Å². The molecule has 3 nitrogen and oxygen atoms in total. The molecule has 32 heavy (non-hydrogen) atoms. The number of hydrogen-bond acceptors (Lipinski definition) is 3. The molecular weight excluding hydrogens is 401 g/mol. The molecule has 5 rings (SSSR count). The van der Waals surface area contributed by atoms with Crippen molar-refractivity contribution in [3.63, 3.8) is 0 Å². The number of Topliss-reactive ketones (excluding diaryl/α,β-unsaturated/α-hetero) is 1. The van der Waals surface area contributed by atoms with E-state index in [0.29, 0.717) is 30.4 Å². The van der Waals surface area contributed by atoms with Gasteiger partial charge in [-0.15, -0.1) is 0 Å². The van der Waals surface area contributed by atoms with Crippen molar-refractivity contribution in [1.82, 2.24) is 4.90 Å². The van der Waals surface area contributed by atoms with Gasteiger partial charge >= 0.3 is 0 Å². The Morgan fingerprint density at radius 2 is 1.59 bits per heavy atom. The minimum atomic E-state index is -0.629. The van der Waals surface area contributed by atoms with Crippen molar-refractivity contribution in [3.05, 3.63) is 95.8 Å². The Hall–Kier alpha value is -2.82. The van der Waals surface area contributed by atoms with Gasteiger partial charge in [0.2, 0.25) is 0 Å². The van der Waals surface area contributed by atoms with E-state index in [4.69, 9.17) is 0 Å². The van der Waals surface area contributed by atoms with Gasteiger partial charge in [-0.05, 0) is 59.6 Å². The highest BCUT2D eigenvalue weighted by atomic mass is 19.1. The largest absolute Gasteiger partial charge is 0.390 e. The number of benzene rings is 3. The van der Waals surface area contributed by atoms with Crippen molar-refractivity contribution in [1.29, 1.82) is 0 Å². The molecule has 2 fully saturated rings. The van der Waals surface area contributed by atoms with Gasteiger partial charge in [-0.1, -0.05) is 60.7 Å². The maximum Gasteiger partial charge on any atom is 0.176 e. The average molecular weight is 430 g/mol. The number of carbonyl (C=O) groups is 1. The van der Waals surface area contributed by atoms with Crippen LogP contribution in [0.15, 0.2) is 78.9 Å². The standard InChI is InChI=1S/C28H28FNO2/c29-26-11-9-21(10-12-26)22-7-4-8-23(13-22)27(31)19-30-17-24-15-28(32,16-25(24)18-30)14-20-5-2-1-3-6-20/h1-13,24-25,32H,14-19H2. The zero-order valence-electron chi connectivity index (χ0n) is 18.1. The molecule has 2 unspecified atom stereocenters. The second-order valence-electron chi connectivity index (χ2n) is 9.52. The molecule has 1 aliphatic heterocycles. The second-order valence-corrected chi connectivity index (χ2v) is 9.52. The van der Waals surface area contributed by atoms with Crippen LogP contribution in [0.3, 0.4) is 0 Å². The molecular formula is C28H28FNO2.